The van der Waals surface area contributed by atoms with E-state index in [1.165, 1.54) is 0 Å². The number of nitrogens with zero attached hydrogens (tertiary/aromatic N) is 3. The highest BCUT2D eigenvalue weighted by molar-refractivity contribution is 8.00. The average molecular weight is 294 g/mol. The topological polar surface area (TPSA) is 41.1 Å². The van der Waals surface area contributed by atoms with E-state index < -0.39 is 0 Å². The molecule has 1 aromatic heterocycles. The van der Waals surface area contributed by atoms with Gasteiger partial charge in [-0.3, -0.25) is 4.98 Å². The van der Waals surface area contributed by atoms with Crippen molar-refractivity contribution in [3.63, 3.8) is 0 Å². The molecule has 2 heterocycles. The lowest BCUT2D eigenvalue weighted by Crippen LogP contribution is -2.43. The Morgan fingerprint density at radius 2 is 2.20 bits per heavy atom. The van der Waals surface area contributed by atoms with Crippen LogP contribution in [0.5, 0.6) is 0 Å². The Labute approximate surface area is 126 Å². The molecular weight excluding hydrogens is 268 g/mol. The summed E-state index contributed by atoms with van der Waals surface area (Å²) in [6.45, 7) is 12.9. The summed E-state index contributed by atoms with van der Waals surface area (Å²) >= 11 is 2.04. The largest absolute Gasteiger partial charge is 0.353 e. The summed E-state index contributed by atoms with van der Waals surface area (Å²) in [6, 6.07) is 0. The van der Waals surface area contributed by atoms with Crippen LogP contribution in [0.2, 0.25) is 0 Å². The molecule has 1 aliphatic rings. The van der Waals surface area contributed by atoms with Gasteiger partial charge in [0.2, 0.25) is 0 Å². The van der Waals surface area contributed by atoms with E-state index >= 15 is 0 Å². The molecule has 1 N–H and O–H groups in total. The van der Waals surface area contributed by atoms with Gasteiger partial charge in [0.1, 0.15) is 5.82 Å². The molecule has 0 saturated carbocycles. The van der Waals surface area contributed by atoms with Gasteiger partial charge in [0.25, 0.3) is 0 Å². The first-order valence-electron chi connectivity index (χ1n) is 7.37. The zero-order valence-electron chi connectivity index (χ0n) is 13.0. The van der Waals surface area contributed by atoms with E-state index in [1.807, 2.05) is 24.2 Å². The fraction of sp³-hybridized carbons (Fsp3) is 0.733. The maximum Gasteiger partial charge on any atom is 0.147 e. The molecule has 0 radical (unpaired) electrons. The summed E-state index contributed by atoms with van der Waals surface area (Å²) in [5.74, 6) is 2.83. The second-order valence-corrected chi connectivity index (χ2v) is 8.23. The molecule has 1 aromatic rings. The van der Waals surface area contributed by atoms with Crippen LogP contribution in [0.3, 0.4) is 0 Å². The van der Waals surface area contributed by atoms with Gasteiger partial charge in [-0.15, -0.1) is 0 Å². The molecule has 1 aliphatic heterocycles. The van der Waals surface area contributed by atoms with Crippen molar-refractivity contribution < 1.29 is 0 Å². The van der Waals surface area contributed by atoms with Crippen LogP contribution in [0.4, 0.5) is 5.82 Å². The molecule has 1 fully saturated rings. The number of thioether (sulfide) groups is 1. The highest BCUT2D eigenvalue weighted by Gasteiger charge is 2.27. The van der Waals surface area contributed by atoms with Crippen LogP contribution in [0.25, 0.3) is 0 Å². The molecule has 0 atom stereocenters. The molecule has 1 saturated heterocycles. The van der Waals surface area contributed by atoms with Crippen molar-refractivity contribution in [2.75, 3.05) is 30.3 Å². The van der Waals surface area contributed by atoms with E-state index in [0.717, 1.165) is 43.4 Å². The van der Waals surface area contributed by atoms with Gasteiger partial charge >= 0.3 is 0 Å². The van der Waals surface area contributed by atoms with Gasteiger partial charge in [-0.05, 0) is 26.3 Å². The second-order valence-electron chi connectivity index (χ2n) is 6.42. The first kappa shape index (κ1) is 15.6. The van der Waals surface area contributed by atoms with Crippen LogP contribution in [-0.4, -0.2) is 40.1 Å². The quantitative estimate of drug-likeness (QED) is 0.904. The minimum Gasteiger partial charge on any atom is -0.353 e. The third-order valence-corrected chi connectivity index (χ3v) is 4.58. The van der Waals surface area contributed by atoms with Crippen molar-refractivity contribution in [2.45, 2.75) is 39.0 Å². The molecule has 4 nitrogen and oxygen atoms in total. The van der Waals surface area contributed by atoms with Gasteiger partial charge in [0.05, 0.1) is 11.9 Å². The second kappa shape index (κ2) is 6.76. The highest BCUT2D eigenvalue weighted by atomic mass is 32.2. The SMILES string of the molecule is CC(C)CNCc1cncc(N2CCSC(C)(C)C2)n1. The van der Waals surface area contributed by atoms with Crippen LogP contribution < -0.4 is 10.2 Å². The van der Waals surface area contributed by atoms with Crippen molar-refractivity contribution in [1.82, 2.24) is 15.3 Å². The molecule has 2 rings (SSSR count). The molecule has 0 aromatic carbocycles. The van der Waals surface area contributed by atoms with Crippen LogP contribution >= 0.6 is 11.8 Å². The first-order chi connectivity index (χ1) is 9.46. The summed E-state index contributed by atoms with van der Waals surface area (Å²) in [4.78, 5) is 11.5. The average Bonchev–Trinajstić information content (AvgIpc) is 2.37. The monoisotopic (exact) mass is 294 g/mol. The van der Waals surface area contributed by atoms with Crippen molar-refractivity contribution in [3.05, 3.63) is 18.1 Å². The Balaban J connectivity index is 1.98. The molecule has 0 spiro atoms. The van der Waals surface area contributed by atoms with Gasteiger partial charge in [0, 0.05) is 36.3 Å². The Kier molecular flexibility index (Phi) is 5.27. The minimum atomic E-state index is 0.297. The number of aromatic nitrogens is 2. The Morgan fingerprint density at radius 1 is 1.40 bits per heavy atom. The maximum atomic E-state index is 4.75. The van der Waals surface area contributed by atoms with E-state index in [9.17, 15) is 0 Å². The number of hydrogen-bond acceptors (Lipinski definition) is 5. The standard InChI is InChI=1S/C15H26N4S/c1-12(2)7-16-8-13-9-17-10-14(18-13)19-5-6-20-15(3,4)11-19/h9-10,12,16H,5-8,11H2,1-4H3. The molecule has 0 aliphatic carbocycles. The van der Waals surface area contributed by atoms with Gasteiger partial charge < -0.3 is 10.2 Å². The van der Waals surface area contributed by atoms with E-state index in [0.29, 0.717) is 10.7 Å². The zero-order chi connectivity index (χ0) is 14.6. The fourth-order valence-electron chi connectivity index (χ4n) is 2.33. The normalized spacial score (nSPS) is 18.6. The maximum absolute atomic E-state index is 4.75. The Hall–Kier alpha value is -0.810. The van der Waals surface area contributed by atoms with Crippen molar-refractivity contribution in [2.24, 2.45) is 5.92 Å². The van der Waals surface area contributed by atoms with Crippen molar-refractivity contribution in [3.8, 4) is 0 Å². The van der Waals surface area contributed by atoms with E-state index in [1.54, 1.807) is 0 Å². The van der Waals surface area contributed by atoms with E-state index in [4.69, 9.17) is 4.98 Å². The first-order valence-corrected chi connectivity index (χ1v) is 8.35. The van der Waals surface area contributed by atoms with E-state index in [-0.39, 0.29) is 0 Å². The lowest BCUT2D eigenvalue weighted by atomic mass is 10.2. The molecule has 0 amide bonds. The Bertz CT molecular complexity index is 434. The molecule has 20 heavy (non-hydrogen) atoms. The number of hydrogen-bond donors (Lipinski definition) is 1. The third-order valence-electron chi connectivity index (χ3n) is 3.28. The third kappa shape index (κ3) is 4.63. The van der Waals surface area contributed by atoms with Crippen LogP contribution in [-0.2, 0) is 6.54 Å². The van der Waals surface area contributed by atoms with Gasteiger partial charge in [-0.25, -0.2) is 4.98 Å². The molecular formula is C15H26N4S. The highest BCUT2D eigenvalue weighted by Crippen LogP contribution is 2.31. The van der Waals surface area contributed by atoms with Crippen LogP contribution in [0, 0.1) is 5.92 Å². The summed E-state index contributed by atoms with van der Waals surface area (Å²) in [6.07, 6.45) is 3.75. The summed E-state index contributed by atoms with van der Waals surface area (Å²) in [5, 5.41) is 3.42. The molecule has 0 unspecified atom stereocenters. The van der Waals surface area contributed by atoms with Crippen molar-refractivity contribution in [1.29, 1.82) is 0 Å². The summed E-state index contributed by atoms with van der Waals surface area (Å²) in [5.41, 5.74) is 1.03. The number of nitrogens with one attached hydrogen (secondary N) is 1. The van der Waals surface area contributed by atoms with Crippen LogP contribution in [0.1, 0.15) is 33.4 Å². The van der Waals surface area contributed by atoms with Gasteiger partial charge in [0.15, 0.2) is 0 Å². The molecule has 112 valence electrons. The van der Waals surface area contributed by atoms with Gasteiger partial charge in [-0.2, -0.15) is 11.8 Å². The smallest absolute Gasteiger partial charge is 0.147 e. The van der Waals surface area contributed by atoms with E-state index in [2.05, 4.69) is 42.9 Å². The molecule has 5 heteroatoms. The summed E-state index contributed by atoms with van der Waals surface area (Å²) in [7, 11) is 0. The van der Waals surface area contributed by atoms with Crippen LogP contribution in [0.15, 0.2) is 12.4 Å². The Morgan fingerprint density at radius 3 is 2.90 bits per heavy atom. The fourth-order valence-corrected chi connectivity index (χ4v) is 3.44. The molecule has 0 bridgehead atoms. The lowest BCUT2D eigenvalue weighted by molar-refractivity contribution is 0.547. The number of rotatable bonds is 5. The van der Waals surface area contributed by atoms with Gasteiger partial charge in [-0.1, -0.05) is 13.8 Å². The van der Waals surface area contributed by atoms with Crippen molar-refractivity contribution >= 4 is 17.6 Å². The predicted octanol–water partition coefficient (Wildman–Crippen LogP) is 2.55. The number of anilines is 1. The summed E-state index contributed by atoms with van der Waals surface area (Å²) < 4.78 is 0.297. The predicted molar refractivity (Wildman–Crippen MR) is 87.3 cm³/mol. The zero-order valence-corrected chi connectivity index (χ0v) is 13.8. The minimum absolute atomic E-state index is 0.297. The lowest BCUT2D eigenvalue weighted by Gasteiger charge is -2.38.